The zero-order valence-corrected chi connectivity index (χ0v) is 18.9. The number of para-hydroxylation sites is 1. The molecule has 30 heavy (non-hydrogen) atoms. The third kappa shape index (κ3) is 4.26. The monoisotopic (exact) mass is 425 g/mol. The fraction of sp³-hybridized carbons (Fsp3) is 0.375. The van der Waals surface area contributed by atoms with Crippen LogP contribution in [0.4, 0.5) is 0 Å². The molecule has 1 heterocycles. The summed E-state index contributed by atoms with van der Waals surface area (Å²) in [6.07, 6.45) is 1.09. The number of carbonyl (C=O) groups is 1. The number of fused-ring (bicyclic) bond motifs is 1. The van der Waals surface area contributed by atoms with E-state index in [9.17, 15) is 9.59 Å². The largest absolute Gasteiger partial charge is 0.336 e. The molecule has 5 nitrogen and oxygen atoms in total. The lowest BCUT2D eigenvalue weighted by atomic mass is 10.1. The van der Waals surface area contributed by atoms with Crippen LogP contribution in [0.15, 0.2) is 47.3 Å². The van der Waals surface area contributed by atoms with Crippen LogP contribution in [0.5, 0.6) is 0 Å². The summed E-state index contributed by atoms with van der Waals surface area (Å²) in [5.41, 5.74) is 2.07. The Balaban J connectivity index is 2.29. The van der Waals surface area contributed by atoms with E-state index in [0.29, 0.717) is 34.6 Å². The van der Waals surface area contributed by atoms with E-state index in [-0.39, 0.29) is 23.4 Å². The maximum absolute atomic E-state index is 13.6. The van der Waals surface area contributed by atoms with Crippen LogP contribution in [0.2, 0.25) is 5.02 Å². The summed E-state index contributed by atoms with van der Waals surface area (Å²) in [6, 6.07) is 12.4. The fourth-order valence-corrected chi connectivity index (χ4v) is 4.00. The molecule has 1 atom stereocenters. The van der Waals surface area contributed by atoms with Crippen LogP contribution in [0.25, 0.3) is 16.6 Å². The number of benzene rings is 2. The van der Waals surface area contributed by atoms with Crippen molar-refractivity contribution in [3.8, 4) is 5.69 Å². The summed E-state index contributed by atoms with van der Waals surface area (Å²) in [7, 11) is 1.79. The third-order valence-electron chi connectivity index (χ3n) is 5.33. The Morgan fingerprint density at radius 2 is 1.90 bits per heavy atom. The van der Waals surface area contributed by atoms with Gasteiger partial charge < -0.3 is 4.90 Å². The van der Waals surface area contributed by atoms with E-state index >= 15 is 0 Å². The first kappa shape index (κ1) is 22.0. The van der Waals surface area contributed by atoms with Crippen LogP contribution in [-0.4, -0.2) is 27.4 Å². The first-order valence-corrected chi connectivity index (χ1v) is 10.7. The highest BCUT2D eigenvalue weighted by atomic mass is 35.5. The van der Waals surface area contributed by atoms with Crippen molar-refractivity contribution in [3.63, 3.8) is 0 Å². The van der Waals surface area contributed by atoms with Gasteiger partial charge in [0.25, 0.3) is 5.56 Å². The molecule has 3 aromatic rings. The van der Waals surface area contributed by atoms with E-state index in [1.165, 1.54) is 0 Å². The highest BCUT2D eigenvalue weighted by Crippen LogP contribution is 2.27. The predicted octanol–water partition coefficient (Wildman–Crippen LogP) is 5.30. The number of rotatable bonds is 6. The van der Waals surface area contributed by atoms with Crippen molar-refractivity contribution in [3.05, 3.63) is 69.2 Å². The van der Waals surface area contributed by atoms with E-state index in [1.54, 1.807) is 28.6 Å². The number of aromatic nitrogens is 2. The number of amides is 1. The molecule has 1 unspecified atom stereocenters. The van der Waals surface area contributed by atoms with Crippen LogP contribution in [0.1, 0.15) is 51.0 Å². The van der Waals surface area contributed by atoms with E-state index in [2.05, 4.69) is 0 Å². The maximum atomic E-state index is 13.6. The van der Waals surface area contributed by atoms with Crippen LogP contribution >= 0.6 is 11.6 Å². The smallest absolute Gasteiger partial charge is 0.266 e. The normalized spacial score (nSPS) is 12.4. The fourth-order valence-electron chi connectivity index (χ4n) is 3.77. The van der Waals surface area contributed by atoms with Crippen LogP contribution < -0.4 is 5.56 Å². The Kier molecular flexibility index (Phi) is 6.61. The molecule has 3 rings (SSSR count). The first-order chi connectivity index (χ1) is 14.2. The molecule has 0 aliphatic carbocycles. The molecular weight excluding hydrogens is 398 g/mol. The average Bonchev–Trinajstić information content (AvgIpc) is 2.69. The number of aryl methyl sites for hydroxylation is 1. The van der Waals surface area contributed by atoms with Gasteiger partial charge in [0.2, 0.25) is 5.91 Å². The van der Waals surface area contributed by atoms with Gasteiger partial charge in [-0.2, -0.15) is 0 Å². The minimum Gasteiger partial charge on any atom is -0.336 e. The number of hydrogen-bond acceptors (Lipinski definition) is 3. The summed E-state index contributed by atoms with van der Waals surface area (Å²) in [5.74, 6) is 0.854. The standard InChI is InChI=1S/C24H28ClN3O2/c1-6-20(27(5)22(29)13-15(2)3)23-26-19-10-8-7-9-18(19)24(30)28(23)21-12-11-17(25)14-16(21)4/h7-12,14-15,20H,6,13H2,1-5H3. The number of nitrogens with zero attached hydrogens (tertiary/aromatic N) is 3. The highest BCUT2D eigenvalue weighted by molar-refractivity contribution is 6.30. The van der Waals surface area contributed by atoms with Gasteiger partial charge in [-0.25, -0.2) is 4.98 Å². The second-order valence-corrected chi connectivity index (χ2v) is 8.52. The van der Waals surface area contributed by atoms with E-state index in [4.69, 9.17) is 16.6 Å². The first-order valence-electron chi connectivity index (χ1n) is 10.3. The van der Waals surface area contributed by atoms with Crippen molar-refractivity contribution in [2.75, 3.05) is 7.05 Å². The van der Waals surface area contributed by atoms with Gasteiger partial charge in [0.05, 0.1) is 22.6 Å². The van der Waals surface area contributed by atoms with Gasteiger partial charge >= 0.3 is 0 Å². The van der Waals surface area contributed by atoms with Crippen molar-refractivity contribution >= 4 is 28.4 Å². The van der Waals surface area contributed by atoms with Crippen LogP contribution in [0, 0.1) is 12.8 Å². The van der Waals surface area contributed by atoms with Crippen molar-refractivity contribution in [2.24, 2.45) is 5.92 Å². The zero-order chi connectivity index (χ0) is 22.0. The molecule has 2 aromatic carbocycles. The van der Waals surface area contributed by atoms with Crippen LogP contribution in [-0.2, 0) is 4.79 Å². The molecule has 0 spiro atoms. The molecule has 1 aromatic heterocycles. The quantitative estimate of drug-likeness (QED) is 0.538. The highest BCUT2D eigenvalue weighted by Gasteiger charge is 2.27. The van der Waals surface area contributed by atoms with Crippen molar-refractivity contribution in [1.82, 2.24) is 14.5 Å². The Hall–Kier alpha value is -2.66. The van der Waals surface area contributed by atoms with Crippen LogP contribution in [0.3, 0.4) is 0 Å². The Bertz CT molecular complexity index is 1140. The van der Waals surface area contributed by atoms with Crippen molar-refractivity contribution in [2.45, 2.75) is 46.6 Å². The molecule has 0 radical (unpaired) electrons. The van der Waals surface area contributed by atoms with Gasteiger partial charge in [-0.3, -0.25) is 14.2 Å². The van der Waals surface area contributed by atoms with Gasteiger partial charge in [-0.15, -0.1) is 0 Å². The minimum atomic E-state index is -0.330. The average molecular weight is 426 g/mol. The third-order valence-corrected chi connectivity index (χ3v) is 5.57. The summed E-state index contributed by atoms with van der Waals surface area (Å²) >= 11 is 6.15. The second kappa shape index (κ2) is 9.00. The molecule has 0 N–H and O–H groups in total. The zero-order valence-electron chi connectivity index (χ0n) is 18.1. The molecule has 0 aliphatic rings. The van der Waals surface area contributed by atoms with Crippen molar-refractivity contribution < 1.29 is 4.79 Å². The van der Waals surface area contributed by atoms with Gasteiger partial charge in [0.15, 0.2) is 0 Å². The lowest BCUT2D eigenvalue weighted by molar-refractivity contribution is -0.133. The summed E-state index contributed by atoms with van der Waals surface area (Å²) in [4.78, 5) is 33.0. The Morgan fingerprint density at radius 1 is 1.20 bits per heavy atom. The molecule has 158 valence electrons. The molecule has 0 aliphatic heterocycles. The second-order valence-electron chi connectivity index (χ2n) is 8.09. The Morgan fingerprint density at radius 3 is 2.53 bits per heavy atom. The lowest BCUT2D eigenvalue weighted by Gasteiger charge is -2.30. The molecule has 0 bridgehead atoms. The van der Waals surface area contributed by atoms with E-state index < -0.39 is 0 Å². The summed E-state index contributed by atoms with van der Waals surface area (Å²) in [5, 5.41) is 1.15. The molecule has 0 fully saturated rings. The molecule has 1 amide bonds. The van der Waals surface area contributed by atoms with Crippen molar-refractivity contribution in [1.29, 1.82) is 0 Å². The molecule has 0 saturated carbocycles. The summed E-state index contributed by atoms with van der Waals surface area (Å²) in [6.45, 7) is 7.97. The number of halogens is 1. The SMILES string of the molecule is CCC(c1nc2ccccc2c(=O)n1-c1ccc(Cl)cc1C)N(C)C(=O)CC(C)C. The van der Waals surface area contributed by atoms with Gasteiger partial charge in [0, 0.05) is 18.5 Å². The number of hydrogen-bond donors (Lipinski definition) is 0. The number of carbonyl (C=O) groups excluding carboxylic acids is 1. The summed E-state index contributed by atoms with van der Waals surface area (Å²) < 4.78 is 1.64. The maximum Gasteiger partial charge on any atom is 0.266 e. The molecule has 6 heteroatoms. The predicted molar refractivity (Wildman–Crippen MR) is 122 cm³/mol. The molecular formula is C24H28ClN3O2. The van der Waals surface area contributed by atoms with E-state index in [1.807, 2.05) is 58.0 Å². The van der Waals surface area contributed by atoms with Gasteiger partial charge in [-0.05, 0) is 55.2 Å². The Labute approximate surface area is 182 Å². The minimum absolute atomic E-state index is 0.0404. The topological polar surface area (TPSA) is 55.2 Å². The lowest BCUT2D eigenvalue weighted by Crippen LogP contribution is -2.36. The van der Waals surface area contributed by atoms with E-state index in [0.717, 1.165) is 11.3 Å². The van der Waals surface area contributed by atoms with Gasteiger partial charge in [-0.1, -0.05) is 44.5 Å². The molecule has 0 saturated heterocycles. The van der Waals surface area contributed by atoms with Gasteiger partial charge in [0.1, 0.15) is 5.82 Å².